The van der Waals surface area contributed by atoms with Crippen molar-refractivity contribution in [3.05, 3.63) is 29.8 Å². The summed E-state index contributed by atoms with van der Waals surface area (Å²) in [5.41, 5.74) is 1.31. The zero-order valence-electron chi connectivity index (χ0n) is 15.5. The maximum absolute atomic E-state index is 5.20. The molecule has 0 aliphatic heterocycles. The van der Waals surface area contributed by atoms with Gasteiger partial charge in [-0.3, -0.25) is 4.99 Å². The van der Waals surface area contributed by atoms with Crippen LogP contribution in [0.5, 0.6) is 5.75 Å². The third kappa shape index (κ3) is 8.73. The summed E-state index contributed by atoms with van der Waals surface area (Å²) >= 11 is 0. The first-order chi connectivity index (χ1) is 11.1. The molecular formula is C18H32IN3O2. The molecule has 24 heavy (non-hydrogen) atoms. The van der Waals surface area contributed by atoms with E-state index in [2.05, 4.69) is 48.5 Å². The molecule has 0 aliphatic rings. The minimum Gasteiger partial charge on any atom is -0.497 e. The number of ether oxygens (including phenoxy) is 2. The molecule has 6 heteroatoms. The highest BCUT2D eigenvalue weighted by Crippen LogP contribution is 2.21. The number of halogens is 1. The molecule has 0 aromatic heterocycles. The Morgan fingerprint density at radius 3 is 2.38 bits per heavy atom. The number of guanidine groups is 1. The van der Waals surface area contributed by atoms with E-state index in [9.17, 15) is 0 Å². The predicted molar refractivity (Wildman–Crippen MR) is 112 cm³/mol. The Morgan fingerprint density at radius 1 is 1.17 bits per heavy atom. The summed E-state index contributed by atoms with van der Waals surface area (Å²) in [6, 6.07) is 8.49. The second kappa shape index (κ2) is 13.3. The highest BCUT2D eigenvalue weighted by molar-refractivity contribution is 14.0. The molecule has 5 nitrogen and oxygen atoms in total. The van der Waals surface area contributed by atoms with Crippen molar-refractivity contribution in [1.82, 2.24) is 10.6 Å². The Bertz CT molecular complexity index is 466. The van der Waals surface area contributed by atoms with Gasteiger partial charge in [-0.15, -0.1) is 24.0 Å². The van der Waals surface area contributed by atoms with Gasteiger partial charge in [0.1, 0.15) is 5.75 Å². The Kier molecular flexibility index (Phi) is 12.7. The number of hydrogen-bond acceptors (Lipinski definition) is 3. The highest BCUT2D eigenvalue weighted by atomic mass is 127. The molecule has 1 aromatic rings. The Labute approximate surface area is 163 Å². The average Bonchev–Trinajstić information content (AvgIpc) is 2.55. The Balaban J connectivity index is 0.00000529. The monoisotopic (exact) mass is 449 g/mol. The van der Waals surface area contributed by atoms with Gasteiger partial charge in [0.2, 0.25) is 0 Å². The van der Waals surface area contributed by atoms with Gasteiger partial charge >= 0.3 is 0 Å². The van der Waals surface area contributed by atoms with Crippen LogP contribution in [0.4, 0.5) is 0 Å². The summed E-state index contributed by atoms with van der Waals surface area (Å²) in [7, 11) is 3.39. The molecule has 0 saturated heterocycles. The van der Waals surface area contributed by atoms with Gasteiger partial charge in [-0.25, -0.2) is 0 Å². The molecule has 0 amide bonds. The van der Waals surface area contributed by atoms with E-state index in [4.69, 9.17) is 9.47 Å². The molecule has 1 aromatic carbocycles. The van der Waals surface area contributed by atoms with Crippen LogP contribution in [0.2, 0.25) is 0 Å². The van der Waals surface area contributed by atoms with Crippen LogP contribution >= 0.6 is 24.0 Å². The second-order valence-electron chi connectivity index (χ2n) is 5.72. The van der Waals surface area contributed by atoms with Crippen molar-refractivity contribution in [3.63, 3.8) is 0 Å². The molecule has 0 fully saturated rings. The van der Waals surface area contributed by atoms with Gasteiger partial charge in [-0.2, -0.15) is 0 Å². The molecule has 138 valence electrons. The van der Waals surface area contributed by atoms with Gasteiger partial charge in [-0.05, 0) is 43.9 Å². The van der Waals surface area contributed by atoms with E-state index >= 15 is 0 Å². The number of rotatable bonds is 9. The van der Waals surface area contributed by atoms with Crippen LogP contribution in [-0.2, 0) is 4.74 Å². The quantitative estimate of drug-likeness (QED) is 0.345. The van der Waals surface area contributed by atoms with E-state index in [-0.39, 0.29) is 30.0 Å². The average molecular weight is 449 g/mol. The normalized spacial score (nSPS) is 13.6. The van der Waals surface area contributed by atoms with Crippen molar-refractivity contribution >= 4 is 29.9 Å². The lowest BCUT2D eigenvalue weighted by Gasteiger charge is -2.17. The van der Waals surface area contributed by atoms with Crippen LogP contribution in [-0.4, -0.2) is 45.9 Å². The lowest BCUT2D eigenvalue weighted by Crippen LogP contribution is -2.44. The minimum absolute atomic E-state index is 0. The molecule has 0 bridgehead atoms. The molecule has 0 saturated carbocycles. The third-order valence-corrected chi connectivity index (χ3v) is 3.66. The number of nitrogens with zero attached hydrogens (tertiary/aromatic N) is 1. The Morgan fingerprint density at radius 2 is 1.83 bits per heavy atom. The lowest BCUT2D eigenvalue weighted by molar-refractivity contribution is 0.179. The molecule has 2 unspecified atom stereocenters. The Hall–Kier alpha value is -1.02. The van der Waals surface area contributed by atoms with Crippen molar-refractivity contribution in [3.8, 4) is 5.75 Å². The first-order valence-corrected chi connectivity index (χ1v) is 8.28. The van der Waals surface area contributed by atoms with Crippen molar-refractivity contribution in [1.29, 1.82) is 0 Å². The van der Waals surface area contributed by atoms with E-state index in [0.717, 1.165) is 31.2 Å². The number of benzene rings is 1. The van der Waals surface area contributed by atoms with Crippen molar-refractivity contribution in [2.45, 2.75) is 39.2 Å². The van der Waals surface area contributed by atoms with Crippen LogP contribution in [0.15, 0.2) is 29.3 Å². The molecule has 0 spiro atoms. The van der Waals surface area contributed by atoms with Crippen molar-refractivity contribution in [2.75, 3.05) is 33.9 Å². The predicted octanol–water partition coefficient (Wildman–Crippen LogP) is 3.40. The first-order valence-electron chi connectivity index (χ1n) is 8.28. The van der Waals surface area contributed by atoms with Crippen LogP contribution in [0.1, 0.15) is 38.7 Å². The summed E-state index contributed by atoms with van der Waals surface area (Å²) in [4.78, 5) is 4.65. The van der Waals surface area contributed by atoms with Gasteiger partial charge in [-0.1, -0.05) is 19.1 Å². The molecule has 2 atom stereocenters. The maximum Gasteiger partial charge on any atom is 0.191 e. The zero-order chi connectivity index (χ0) is 17.1. The molecule has 1 rings (SSSR count). The summed E-state index contributed by atoms with van der Waals surface area (Å²) in [6.07, 6.45) is 1.00. The van der Waals surface area contributed by atoms with Crippen molar-refractivity contribution < 1.29 is 9.47 Å². The lowest BCUT2D eigenvalue weighted by atomic mass is 9.98. The van der Waals surface area contributed by atoms with E-state index in [1.165, 1.54) is 5.56 Å². The number of methoxy groups -OCH3 is 2. The van der Waals surface area contributed by atoms with E-state index in [1.54, 1.807) is 14.2 Å². The molecule has 0 radical (unpaired) electrons. The first kappa shape index (κ1) is 23.0. The highest BCUT2D eigenvalue weighted by Gasteiger charge is 2.07. The van der Waals surface area contributed by atoms with Gasteiger partial charge < -0.3 is 20.1 Å². The molecule has 2 N–H and O–H groups in total. The van der Waals surface area contributed by atoms with E-state index in [0.29, 0.717) is 12.5 Å². The minimum atomic E-state index is 0. The fraction of sp³-hybridized carbons (Fsp3) is 0.611. The summed E-state index contributed by atoms with van der Waals surface area (Å²) < 4.78 is 10.3. The van der Waals surface area contributed by atoms with Gasteiger partial charge in [0.05, 0.1) is 13.7 Å². The third-order valence-electron chi connectivity index (χ3n) is 3.66. The van der Waals surface area contributed by atoms with Crippen molar-refractivity contribution in [2.24, 2.45) is 4.99 Å². The largest absolute Gasteiger partial charge is 0.497 e. The SMILES string of the molecule is CCNC(=NCCC(C)c1ccc(OC)cc1)NC(C)COC.I. The zero-order valence-corrected chi connectivity index (χ0v) is 17.8. The molecule has 0 aliphatic carbocycles. The molecule has 0 heterocycles. The summed E-state index contributed by atoms with van der Waals surface area (Å²) in [6.45, 7) is 8.66. The topological polar surface area (TPSA) is 54.9 Å². The van der Waals surface area contributed by atoms with Gasteiger partial charge in [0.15, 0.2) is 5.96 Å². The molecular weight excluding hydrogens is 417 g/mol. The van der Waals surface area contributed by atoms with Crippen LogP contribution < -0.4 is 15.4 Å². The van der Waals surface area contributed by atoms with Crippen LogP contribution in [0, 0.1) is 0 Å². The number of nitrogens with one attached hydrogen (secondary N) is 2. The number of hydrogen-bond donors (Lipinski definition) is 2. The second-order valence-corrected chi connectivity index (χ2v) is 5.72. The van der Waals surface area contributed by atoms with E-state index in [1.807, 2.05) is 12.1 Å². The van der Waals surface area contributed by atoms with Gasteiger partial charge in [0.25, 0.3) is 0 Å². The fourth-order valence-electron chi connectivity index (χ4n) is 2.31. The maximum atomic E-state index is 5.20. The fourth-order valence-corrected chi connectivity index (χ4v) is 2.31. The summed E-state index contributed by atoms with van der Waals surface area (Å²) in [5, 5.41) is 6.61. The van der Waals surface area contributed by atoms with E-state index < -0.39 is 0 Å². The number of aliphatic imine (C=N–C) groups is 1. The smallest absolute Gasteiger partial charge is 0.191 e. The van der Waals surface area contributed by atoms with Crippen LogP contribution in [0.3, 0.4) is 0 Å². The van der Waals surface area contributed by atoms with Gasteiger partial charge in [0, 0.05) is 26.2 Å². The standard InChI is InChI=1S/C18H31N3O2.HI/c1-6-19-18(21-15(3)13-22-4)20-12-11-14(2)16-7-9-17(23-5)10-8-16;/h7-10,14-15H,6,11-13H2,1-5H3,(H2,19,20,21);1H. The van der Waals surface area contributed by atoms with Crippen LogP contribution in [0.25, 0.3) is 0 Å². The summed E-state index contributed by atoms with van der Waals surface area (Å²) in [5.74, 6) is 2.20.